The molecule has 3 unspecified atom stereocenters. The summed E-state index contributed by atoms with van der Waals surface area (Å²) < 4.78 is 11.1. The van der Waals surface area contributed by atoms with Gasteiger partial charge in [0.1, 0.15) is 6.04 Å². The molecule has 33 heavy (non-hydrogen) atoms. The topological polar surface area (TPSA) is 123 Å². The van der Waals surface area contributed by atoms with Crippen LogP contribution in [0.25, 0.3) is 0 Å². The van der Waals surface area contributed by atoms with Crippen LogP contribution in [0.4, 0.5) is 5.69 Å². The molecule has 0 spiro atoms. The number of nitrogens with one attached hydrogen (secondary N) is 2. The van der Waals surface area contributed by atoms with E-state index in [0.29, 0.717) is 44.5 Å². The molecule has 1 aromatic carbocycles. The second kappa shape index (κ2) is 12.9. The molecular formula is C22H32N4O6S. The van der Waals surface area contributed by atoms with Gasteiger partial charge >= 0.3 is 0 Å². The number of nitro benzene ring substituents is 1. The van der Waals surface area contributed by atoms with Crippen molar-refractivity contribution in [2.45, 2.75) is 24.9 Å². The highest BCUT2D eigenvalue weighted by Gasteiger charge is 2.32. The second-order valence-electron chi connectivity index (χ2n) is 8.20. The van der Waals surface area contributed by atoms with Crippen LogP contribution < -0.4 is 10.6 Å². The van der Waals surface area contributed by atoms with Crippen LogP contribution in [-0.2, 0) is 14.3 Å². The van der Waals surface area contributed by atoms with Gasteiger partial charge in [0.2, 0.25) is 5.91 Å². The first-order chi connectivity index (χ1) is 16.0. The summed E-state index contributed by atoms with van der Waals surface area (Å²) in [7, 11) is 0. The van der Waals surface area contributed by atoms with Gasteiger partial charge in [-0.1, -0.05) is 6.07 Å². The van der Waals surface area contributed by atoms with Crippen molar-refractivity contribution in [2.75, 3.05) is 58.1 Å². The molecule has 0 bridgehead atoms. The summed E-state index contributed by atoms with van der Waals surface area (Å²) in [5.74, 6) is 0.276. The molecule has 0 aromatic heterocycles. The summed E-state index contributed by atoms with van der Waals surface area (Å²) in [6.45, 7) is 4.86. The van der Waals surface area contributed by atoms with E-state index in [1.165, 1.54) is 24.3 Å². The van der Waals surface area contributed by atoms with E-state index in [0.717, 1.165) is 26.1 Å². The van der Waals surface area contributed by atoms with E-state index < -0.39 is 16.9 Å². The SMILES string of the molecule is CSCCC(NC(=O)c1cccc([N+](=O)[O-])c1)C(=O)NCC(C1CCOC1)N1CCOCC1. The molecule has 2 amide bonds. The summed E-state index contributed by atoms with van der Waals surface area (Å²) in [6, 6.07) is 4.92. The molecule has 1 aromatic rings. The molecule has 2 heterocycles. The molecule has 2 fully saturated rings. The highest BCUT2D eigenvalue weighted by atomic mass is 32.2. The minimum Gasteiger partial charge on any atom is -0.381 e. The van der Waals surface area contributed by atoms with Crippen molar-refractivity contribution in [1.82, 2.24) is 15.5 Å². The predicted octanol–water partition coefficient (Wildman–Crippen LogP) is 1.30. The number of hydrogen-bond donors (Lipinski definition) is 2. The number of nitro groups is 1. The van der Waals surface area contributed by atoms with Crippen molar-refractivity contribution in [2.24, 2.45) is 5.92 Å². The van der Waals surface area contributed by atoms with Crippen LogP contribution in [0.15, 0.2) is 24.3 Å². The van der Waals surface area contributed by atoms with E-state index in [9.17, 15) is 19.7 Å². The number of non-ortho nitro benzene ring substituents is 1. The number of carbonyl (C=O) groups is 2. The van der Waals surface area contributed by atoms with Crippen LogP contribution in [0.5, 0.6) is 0 Å². The summed E-state index contributed by atoms with van der Waals surface area (Å²) in [6.07, 6.45) is 3.35. The largest absolute Gasteiger partial charge is 0.381 e. The molecule has 2 aliphatic heterocycles. The minimum atomic E-state index is -0.727. The first-order valence-corrected chi connectivity index (χ1v) is 12.6. The maximum atomic E-state index is 13.1. The van der Waals surface area contributed by atoms with E-state index >= 15 is 0 Å². The first kappa shape index (κ1) is 25.4. The standard InChI is InChI=1S/C22H32N4O6S/c1-33-12-6-19(24-21(27)16-3-2-4-18(13-16)26(29)30)22(28)23-14-20(17-5-9-32-15-17)25-7-10-31-11-8-25/h2-4,13,17,19-20H,5-12,14-15H2,1H3,(H,23,28)(H,24,27). The van der Waals surface area contributed by atoms with E-state index in [4.69, 9.17) is 9.47 Å². The van der Waals surface area contributed by atoms with E-state index in [1.54, 1.807) is 11.8 Å². The average Bonchev–Trinajstić information content (AvgIpc) is 3.37. The molecule has 2 aliphatic rings. The van der Waals surface area contributed by atoms with Gasteiger partial charge in [0.15, 0.2) is 0 Å². The third-order valence-corrected chi connectivity index (χ3v) is 6.70. The number of rotatable bonds is 11. The molecule has 0 saturated carbocycles. The number of ether oxygens (including phenoxy) is 2. The van der Waals surface area contributed by atoms with Gasteiger partial charge in [0, 0.05) is 55.9 Å². The number of benzene rings is 1. The van der Waals surface area contributed by atoms with E-state index in [2.05, 4.69) is 15.5 Å². The van der Waals surface area contributed by atoms with Crippen molar-refractivity contribution in [3.05, 3.63) is 39.9 Å². The van der Waals surface area contributed by atoms with Gasteiger partial charge in [0.25, 0.3) is 11.6 Å². The number of nitrogens with zero attached hydrogens (tertiary/aromatic N) is 2. The zero-order valence-electron chi connectivity index (χ0n) is 18.9. The molecular weight excluding hydrogens is 448 g/mol. The highest BCUT2D eigenvalue weighted by Crippen LogP contribution is 2.22. The Bertz CT molecular complexity index is 814. The molecule has 0 radical (unpaired) electrons. The fraction of sp³-hybridized carbons (Fsp3) is 0.636. The predicted molar refractivity (Wildman–Crippen MR) is 125 cm³/mol. The van der Waals surface area contributed by atoms with Gasteiger partial charge in [-0.15, -0.1) is 0 Å². The lowest BCUT2D eigenvalue weighted by Crippen LogP contribution is -2.55. The molecule has 3 atom stereocenters. The van der Waals surface area contributed by atoms with Gasteiger partial charge in [-0.3, -0.25) is 24.6 Å². The Hall–Kier alpha value is -2.21. The van der Waals surface area contributed by atoms with Crippen molar-refractivity contribution in [1.29, 1.82) is 0 Å². The first-order valence-electron chi connectivity index (χ1n) is 11.2. The molecule has 182 valence electrons. The quantitative estimate of drug-likeness (QED) is 0.359. The lowest BCUT2D eigenvalue weighted by Gasteiger charge is -2.37. The van der Waals surface area contributed by atoms with Crippen molar-refractivity contribution in [3.8, 4) is 0 Å². The Morgan fingerprint density at radius 1 is 1.27 bits per heavy atom. The molecule has 2 N–H and O–H groups in total. The third kappa shape index (κ3) is 7.39. The Morgan fingerprint density at radius 2 is 2.06 bits per heavy atom. The van der Waals surface area contributed by atoms with Gasteiger partial charge in [-0.05, 0) is 30.9 Å². The van der Waals surface area contributed by atoms with E-state index in [-0.39, 0.29) is 23.2 Å². The zero-order valence-corrected chi connectivity index (χ0v) is 19.7. The number of amides is 2. The summed E-state index contributed by atoms with van der Waals surface area (Å²) >= 11 is 1.58. The Kier molecular flexibility index (Phi) is 9.92. The van der Waals surface area contributed by atoms with Crippen LogP contribution in [0.2, 0.25) is 0 Å². The number of morpholine rings is 1. The van der Waals surface area contributed by atoms with Gasteiger partial charge in [0.05, 0.1) is 24.7 Å². The maximum absolute atomic E-state index is 13.1. The summed E-state index contributed by atoms with van der Waals surface area (Å²) in [5.41, 5.74) is -0.0136. The smallest absolute Gasteiger partial charge is 0.270 e. The van der Waals surface area contributed by atoms with Crippen LogP contribution in [-0.4, -0.2) is 91.8 Å². The Labute approximate surface area is 197 Å². The lowest BCUT2D eigenvalue weighted by atomic mass is 9.96. The number of hydrogen-bond acceptors (Lipinski definition) is 8. The second-order valence-corrected chi connectivity index (χ2v) is 9.19. The average molecular weight is 481 g/mol. The number of thioether (sulfide) groups is 1. The van der Waals surface area contributed by atoms with Crippen molar-refractivity contribution in [3.63, 3.8) is 0 Å². The zero-order chi connectivity index (χ0) is 23.6. The minimum absolute atomic E-state index is 0.147. The Morgan fingerprint density at radius 3 is 2.73 bits per heavy atom. The van der Waals surface area contributed by atoms with E-state index in [1.807, 2.05) is 6.26 Å². The fourth-order valence-electron chi connectivity index (χ4n) is 4.19. The van der Waals surface area contributed by atoms with Gasteiger partial charge in [-0.2, -0.15) is 11.8 Å². The molecule has 3 rings (SSSR count). The van der Waals surface area contributed by atoms with Crippen molar-refractivity contribution >= 4 is 29.3 Å². The van der Waals surface area contributed by atoms with Crippen LogP contribution in [0.3, 0.4) is 0 Å². The van der Waals surface area contributed by atoms with Crippen LogP contribution >= 0.6 is 11.8 Å². The van der Waals surface area contributed by atoms with Gasteiger partial charge < -0.3 is 20.1 Å². The van der Waals surface area contributed by atoms with Crippen LogP contribution in [0.1, 0.15) is 23.2 Å². The maximum Gasteiger partial charge on any atom is 0.270 e. The fourth-order valence-corrected chi connectivity index (χ4v) is 4.67. The summed E-state index contributed by atoms with van der Waals surface area (Å²) in [5, 5.41) is 16.8. The van der Waals surface area contributed by atoms with Gasteiger partial charge in [-0.25, -0.2) is 0 Å². The summed E-state index contributed by atoms with van der Waals surface area (Å²) in [4.78, 5) is 38.6. The molecule has 11 heteroatoms. The normalized spacial score (nSPS) is 20.7. The highest BCUT2D eigenvalue weighted by molar-refractivity contribution is 7.98. The van der Waals surface area contributed by atoms with Crippen LogP contribution in [0, 0.1) is 16.0 Å². The lowest BCUT2D eigenvalue weighted by molar-refractivity contribution is -0.384. The number of carbonyl (C=O) groups excluding carboxylic acids is 2. The Balaban J connectivity index is 1.64. The molecule has 0 aliphatic carbocycles. The molecule has 2 saturated heterocycles. The monoisotopic (exact) mass is 480 g/mol. The third-order valence-electron chi connectivity index (χ3n) is 6.06. The van der Waals surface area contributed by atoms with Crippen molar-refractivity contribution < 1.29 is 24.0 Å². The molecule has 10 nitrogen and oxygen atoms in total.